The van der Waals surface area contributed by atoms with Gasteiger partial charge in [0.25, 0.3) is 5.91 Å². The molecule has 0 bridgehead atoms. The first-order valence-corrected chi connectivity index (χ1v) is 6.08. The highest BCUT2D eigenvalue weighted by Crippen LogP contribution is 2.17. The van der Waals surface area contributed by atoms with Crippen LogP contribution in [0, 0.1) is 10.5 Å². The number of carbonyl (C=O) groups is 1. The highest BCUT2D eigenvalue weighted by molar-refractivity contribution is 14.1. The van der Waals surface area contributed by atoms with Gasteiger partial charge in [-0.25, -0.2) is 4.98 Å². The molecular formula is C12H10IN3O. The summed E-state index contributed by atoms with van der Waals surface area (Å²) in [6, 6.07) is 5.75. The molecule has 4 nitrogen and oxygen atoms in total. The molecule has 0 aliphatic carbocycles. The van der Waals surface area contributed by atoms with Gasteiger partial charge in [-0.1, -0.05) is 6.07 Å². The zero-order chi connectivity index (χ0) is 12.3. The van der Waals surface area contributed by atoms with E-state index in [2.05, 4.69) is 37.9 Å². The van der Waals surface area contributed by atoms with E-state index in [1.54, 1.807) is 0 Å². The van der Waals surface area contributed by atoms with Gasteiger partial charge in [0.15, 0.2) is 0 Å². The molecule has 0 aliphatic rings. The average molecular weight is 339 g/mol. The Labute approximate surface area is 113 Å². The largest absolute Gasteiger partial charge is 0.321 e. The number of halogens is 1. The Morgan fingerprint density at radius 1 is 1.35 bits per heavy atom. The lowest BCUT2D eigenvalue weighted by atomic mass is 10.2. The highest BCUT2D eigenvalue weighted by Gasteiger charge is 2.07. The topological polar surface area (TPSA) is 54.9 Å². The molecule has 0 unspecified atom stereocenters. The summed E-state index contributed by atoms with van der Waals surface area (Å²) in [4.78, 5) is 19.6. The van der Waals surface area contributed by atoms with Gasteiger partial charge >= 0.3 is 0 Å². The molecule has 5 heteroatoms. The third-order valence-corrected chi connectivity index (χ3v) is 3.39. The van der Waals surface area contributed by atoms with E-state index in [4.69, 9.17) is 0 Å². The summed E-state index contributed by atoms with van der Waals surface area (Å²) in [6.45, 7) is 2.02. The molecule has 2 rings (SSSR count). The van der Waals surface area contributed by atoms with Gasteiger partial charge in [0.05, 0.1) is 6.20 Å². The number of aryl methyl sites for hydroxylation is 1. The van der Waals surface area contributed by atoms with Crippen LogP contribution < -0.4 is 5.32 Å². The molecule has 86 valence electrons. The van der Waals surface area contributed by atoms with Crippen LogP contribution in [0.3, 0.4) is 0 Å². The molecule has 1 N–H and O–H groups in total. The minimum Gasteiger partial charge on any atom is -0.321 e. The number of anilines is 1. The molecule has 1 aromatic heterocycles. The Hall–Kier alpha value is -1.50. The monoisotopic (exact) mass is 339 g/mol. The summed E-state index contributed by atoms with van der Waals surface area (Å²) in [7, 11) is 0. The lowest BCUT2D eigenvalue weighted by molar-refractivity contribution is 0.102. The van der Waals surface area contributed by atoms with Crippen LogP contribution in [-0.2, 0) is 0 Å². The Bertz CT molecular complexity index is 543. The van der Waals surface area contributed by atoms with Crippen molar-refractivity contribution in [3.05, 3.63) is 51.6 Å². The van der Waals surface area contributed by atoms with Crippen molar-refractivity contribution >= 4 is 34.2 Å². The fraction of sp³-hybridized carbons (Fsp3) is 0.0833. The Balaban J connectivity index is 2.16. The third-order valence-electron chi connectivity index (χ3n) is 2.23. The van der Waals surface area contributed by atoms with Crippen LogP contribution in [0.5, 0.6) is 0 Å². The van der Waals surface area contributed by atoms with Gasteiger partial charge in [-0.2, -0.15) is 0 Å². The van der Waals surface area contributed by atoms with Crippen molar-refractivity contribution in [3.8, 4) is 0 Å². The van der Waals surface area contributed by atoms with Gasteiger partial charge in [0.1, 0.15) is 5.69 Å². The average Bonchev–Trinajstić information content (AvgIpc) is 2.35. The molecule has 0 radical (unpaired) electrons. The number of nitrogens with one attached hydrogen (secondary N) is 1. The van der Waals surface area contributed by atoms with Crippen molar-refractivity contribution in [2.75, 3.05) is 5.32 Å². The summed E-state index contributed by atoms with van der Waals surface area (Å²) < 4.78 is 1.11. The molecule has 0 spiro atoms. The molecule has 0 aliphatic heterocycles. The molecular weight excluding hydrogens is 329 g/mol. The predicted octanol–water partition coefficient (Wildman–Crippen LogP) is 2.64. The van der Waals surface area contributed by atoms with E-state index in [1.165, 1.54) is 24.2 Å². The summed E-state index contributed by atoms with van der Waals surface area (Å²) in [5.74, 6) is -0.252. The van der Waals surface area contributed by atoms with Crippen LogP contribution >= 0.6 is 22.6 Å². The Kier molecular flexibility index (Phi) is 3.68. The van der Waals surface area contributed by atoms with Gasteiger partial charge in [-0.3, -0.25) is 9.78 Å². The third kappa shape index (κ3) is 3.00. The smallest absolute Gasteiger partial charge is 0.275 e. The predicted molar refractivity (Wildman–Crippen MR) is 73.9 cm³/mol. The van der Waals surface area contributed by atoms with Crippen molar-refractivity contribution in [1.82, 2.24) is 9.97 Å². The van der Waals surface area contributed by atoms with Gasteiger partial charge in [-0.05, 0) is 47.2 Å². The second-order valence-electron chi connectivity index (χ2n) is 3.51. The maximum Gasteiger partial charge on any atom is 0.275 e. The van der Waals surface area contributed by atoms with E-state index in [0.717, 1.165) is 9.26 Å². The molecule has 0 saturated heterocycles. The van der Waals surface area contributed by atoms with Crippen molar-refractivity contribution in [2.24, 2.45) is 0 Å². The van der Waals surface area contributed by atoms with Crippen molar-refractivity contribution in [1.29, 1.82) is 0 Å². The van der Waals surface area contributed by atoms with Crippen LogP contribution in [-0.4, -0.2) is 15.9 Å². The fourth-order valence-electron chi connectivity index (χ4n) is 1.28. The van der Waals surface area contributed by atoms with Crippen LogP contribution in [0.2, 0.25) is 0 Å². The zero-order valence-corrected chi connectivity index (χ0v) is 11.3. The summed E-state index contributed by atoms with van der Waals surface area (Å²) in [5, 5.41) is 2.78. The Morgan fingerprint density at radius 3 is 2.82 bits per heavy atom. The number of hydrogen-bond acceptors (Lipinski definition) is 3. The molecule has 0 atom stereocenters. The quantitative estimate of drug-likeness (QED) is 0.856. The molecule has 0 fully saturated rings. The number of hydrogen-bond donors (Lipinski definition) is 1. The first-order chi connectivity index (χ1) is 8.16. The van der Waals surface area contributed by atoms with E-state index in [-0.39, 0.29) is 5.91 Å². The standard InChI is InChI=1S/C12H10IN3O/c1-8-2-3-9(6-10(8)13)16-12(17)11-7-14-4-5-15-11/h2-7H,1H3,(H,16,17). The number of benzene rings is 1. The normalized spacial score (nSPS) is 10.0. The van der Waals surface area contributed by atoms with Crippen LogP contribution in [0.15, 0.2) is 36.8 Å². The molecule has 1 amide bonds. The molecule has 17 heavy (non-hydrogen) atoms. The number of amides is 1. The maximum atomic E-state index is 11.8. The van der Waals surface area contributed by atoms with E-state index < -0.39 is 0 Å². The lowest BCUT2D eigenvalue weighted by Crippen LogP contribution is -2.13. The highest BCUT2D eigenvalue weighted by atomic mass is 127. The first kappa shape index (κ1) is 12.0. The van der Waals surface area contributed by atoms with Gasteiger partial charge < -0.3 is 5.32 Å². The minimum absolute atomic E-state index is 0.252. The zero-order valence-electron chi connectivity index (χ0n) is 9.14. The minimum atomic E-state index is -0.252. The van der Waals surface area contributed by atoms with Gasteiger partial charge in [-0.15, -0.1) is 0 Å². The van der Waals surface area contributed by atoms with Crippen molar-refractivity contribution in [3.63, 3.8) is 0 Å². The van der Waals surface area contributed by atoms with Crippen LogP contribution in [0.1, 0.15) is 16.1 Å². The SMILES string of the molecule is Cc1ccc(NC(=O)c2cnccn2)cc1I. The molecule has 2 aromatic rings. The second kappa shape index (κ2) is 5.22. The second-order valence-corrected chi connectivity index (χ2v) is 4.67. The molecule has 0 saturated carbocycles. The Morgan fingerprint density at radius 2 is 2.18 bits per heavy atom. The number of nitrogens with zero attached hydrogens (tertiary/aromatic N) is 2. The summed E-state index contributed by atoms with van der Waals surface area (Å²) in [5.41, 5.74) is 2.25. The molecule has 1 aromatic carbocycles. The number of aromatic nitrogens is 2. The van der Waals surface area contributed by atoms with E-state index in [0.29, 0.717) is 5.69 Å². The van der Waals surface area contributed by atoms with E-state index >= 15 is 0 Å². The fourth-order valence-corrected chi connectivity index (χ4v) is 1.80. The first-order valence-electron chi connectivity index (χ1n) is 5.00. The summed E-state index contributed by atoms with van der Waals surface area (Å²) in [6.07, 6.45) is 4.47. The lowest BCUT2D eigenvalue weighted by Gasteiger charge is -2.06. The van der Waals surface area contributed by atoms with E-state index in [9.17, 15) is 4.79 Å². The van der Waals surface area contributed by atoms with Gasteiger partial charge in [0.2, 0.25) is 0 Å². The van der Waals surface area contributed by atoms with Crippen molar-refractivity contribution in [2.45, 2.75) is 6.92 Å². The molecule has 1 heterocycles. The number of carbonyl (C=O) groups excluding carboxylic acids is 1. The van der Waals surface area contributed by atoms with Crippen molar-refractivity contribution < 1.29 is 4.79 Å². The van der Waals surface area contributed by atoms with Crippen LogP contribution in [0.4, 0.5) is 5.69 Å². The van der Waals surface area contributed by atoms with Gasteiger partial charge in [0, 0.05) is 21.7 Å². The van der Waals surface area contributed by atoms with Crippen LogP contribution in [0.25, 0.3) is 0 Å². The van der Waals surface area contributed by atoms with E-state index in [1.807, 2.05) is 25.1 Å². The maximum absolute atomic E-state index is 11.8. The summed E-state index contributed by atoms with van der Waals surface area (Å²) >= 11 is 2.23. The number of rotatable bonds is 2.